The van der Waals surface area contributed by atoms with Gasteiger partial charge in [0.2, 0.25) is 0 Å². The van der Waals surface area contributed by atoms with Crippen LogP contribution in [-0.2, 0) is 6.18 Å². The molecule has 1 saturated heterocycles. The topological polar surface area (TPSA) is 49.6 Å². The number of hydrogen-bond acceptors (Lipinski definition) is 5. The van der Waals surface area contributed by atoms with Gasteiger partial charge in [0.05, 0.1) is 0 Å². The molecule has 2 aromatic heterocycles. The molecule has 4 aromatic rings. The summed E-state index contributed by atoms with van der Waals surface area (Å²) in [7, 11) is 0. The van der Waals surface area contributed by atoms with E-state index >= 15 is 0 Å². The SMILES string of the molecule is FC(F)(F)c1nnc2c3ccccc3c(N3CCN(c4cccc(Cl)c4)CC3)nn12. The third kappa shape index (κ3) is 3.19. The Kier molecular flexibility index (Phi) is 4.43. The van der Waals surface area contributed by atoms with Crippen LogP contribution in [-0.4, -0.2) is 46.0 Å². The summed E-state index contributed by atoms with van der Waals surface area (Å²) < 4.78 is 41.0. The van der Waals surface area contributed by atoms with Crippen LogP contribution in [0.25, 0.3) is 16.4 Å². The molecule has 2 aromatic carbocycles. The minimum absolute atomic E-state index is 0.0965. The first-order chi connectivity index (χ1) is 14.4. The quantitative estimate of drug-likeness (QED) is 0.473. The van der Waals surface area contributed by atoms with Gasteiger partial charge in [0.25, 0.3) is 5.82 Å². The minimum Gasteiger partial charge on any atom is -0.368 e. The van der Waals surface area contributed by atoms with Gasteiger partial charge >= 0.3 is 6.18 Å². The zero-order valence-electron chi connectivity index (χ0n) is 15.6. The first-order valence-corrected chi connectivity index (χ1v) is 9.76. The Balaban J connectivity index is 1.54. The molecule has 0 amide bonds. The number of anilines is 2. The lowest BCUT2D eigenvalue weighted by Crippen LogP contribution is -2.47. The highest BCUT2D eigenvalue weighted by Crippen LogP contribution is 2.33. The van der Waals surface area contributed by atoms with E-state index in [0.29, 0.717) is 42.4 Å². The second kappa shape index (κ2) is 7.02. The Morgan fingerprint density at radius 2 is 1.53 bits per heavy atom. The van der Waals surface area contributed by atoms with Crippen LogP contribution in [0, 0.1) is 0 Å². The molecule has 154 valence electrons. The predicted octanol–water partition coefficient (Wildman–Crippen LogP) is 4.28. The second-order valence-electron chi connectivity index (χ2n) is 7.08. The molecule has 0 atom stereocenters. The van der Waals surface area contributed by atoms with Gasteiger partial charge in [-0.25, -0.2) is 0 Å². The van der Waals surface area contributed by atoms with Gasteiger partial charge < -0.3 is 9.80 Å². The van der Waals surface area contributed by atoms with Gasteiger partial charge in [-0.1, -0.05) is 41.9 Å². The van der Waals surface area contributed by atoms with Crippen molar-refractivity contribution in [2.75, 3.05) is 36.0 Å². The molecule has 0 unspecified atom stereocenters. The number of hydrogen-bond donors (Lipinski definition) is 0. The molecule has 3 heterocycles. The van der Waals surface area contributed by atoms with Gasteiger partial charge in [-0.05, 0) is 18.2 Å². The van der Waals surface area contributed by atoms with Gasteiger partial charge in [0.1, 0.15) is 0 Å². The number of rotatable bonds is 2. The number of aromatic nitrogens is 4. The summed E-state index contributed by atoms with van der Waals surface area (Å²) in [6, 6.07) is 14.8. The number of alkyl halides is 3. The maximum Gasteiger partial charge on any atom is 0.453 e. The number of benzene rings is 2. The van der Waals surface area contributed by atoms with E-state index in [2.05, 4.69) is 20.2 Å². The Hall–Kier alpha value is -3.07. The normalized spacial score (nSPS) is 15.3. The summed E-state index contributed by atoms with van der Waals surface area (Å²) in [5.74, 6) is -0.629. The fraction of sp³-hybridized carbons (Fsp3) is 0.250. The fourth-order valence-electron chi connectivity index (χ4n) is 3.82. The van der Waals surface area contributed by atoms with Crippen molar-refractivity contribution in [2.24, 2.45) is 0 Å². The summed E-state index contributed by atoms with van der Waals surface area (Å²) in [6.07, 6.45) is -4.64. The molecule has 1 aliphatic heterocycles. The lowest BCUT2D eigenvalue weighted by atomic mass is 10.1. The summed E-state index contributed by atoms with van der Waals surface area (Å²) >= 11 is 6.10. The minimum atomic E-state index is -4.64. The molecular weight excluding hydrogens is 417 g/mol. The molecule has 30 heavy (non-hydrogen) atoms. The van der Waals surface area contributed by atoms with Crippen molar-refractivity contribution in [1.29, 1.82) is 0 Å². The van der Waals surface area contributed by atoms with E-state index in [-0.39, 0.29) is 5.65 Å². The molecule has 10 heteroatoms. The highest BCUT2D eigenvalue weighted by atomic mass is 35.5. The zero-order valence-corrected chi connectivity index (χ0v) is 16.4. The van der Waals surface area contributed by atoms with Crippen LogP contribution in [0.5, 0.6) is 0 Å². The molecule has 0 aliphatic carbocycles. The summed E-state index contributed by atoms with van der Waals surface area (Å²) in [6.45, 7) is 2.61. The van der Waals surface area contributed by atoms with Crippen molar-refractivity contribution in [3.05, 3.63) is 59.4 Å². The molecule has 0 spiro atoms. The lowest BCUT2D eigenvalue weighted by Gasteiger charge is -2.37. The predicted molar refractivity (Wildman–Crippen MR) is 109 cm³/mol. The Morgan fingerprint density at radius 3 is 2.23 bits per heavy atom. The van der Waals surface area contributed by atoms with E-state index in [0.717, 1.165) is 15.6 Å². The van der Waals surface area contributed by atoms with Crippen molar-refractivity contribution in [3.8, 4) is 0 Å². The molecule has 0 bridgehead atoms. The monoisotopic (exact) mass is 432 g/mol. The van der Waals surface area contributed by atoms with E-state index in [9.17, 15) is 13.2 Å². The van der Waals surface area contributed by atoms with Crippen LogP contribution in [0.2, 0.25) is 5.02 Å². The summed E-state index contributed by atoms with van der Waals surface area (Å²) in [5, 5.41) is 13.4. The molecule has 5 rings (SSSR count). The van der Waals surface area contributed by atoms with Crippen LogP contribution in [0.3, 0.4) is 0 Å². The highest BCUT2D eigenvalue weighted by molar-refractivity contribution is 6.30. The summed E-state index contributed by atoms with van der Waals surface area (Å²) in [5.41, 5.74) is 1.12. The zero-order chi connectivity index (χ0) is 20.9. The lowest BCUT2D eigenvalue weighted by molar-refractivity contribution is -0.146. The third-order valence-electron chi connectivity index (χ3n) is 5.25. The maximum atomic E-state index is 13.4. The number of piperazine rings is 1. The first kappa shape index (κ1) is 18.9. The first-order valence-electron chi connectivity index (χ1n) is 9.38. The number of nitrogens with zero attached hydrogens (tertiary/aromatic N) is 6. The molecule has 1 aliphatic rings. The van der Waals surface area contributed by atoms with Crippen molar-refractivity contribution in [1.82, 2.24) is 19.8 Å². The average Bonchev–Trinajstić information content (AvgIpc) is 3.18. The van der Waals surface area contributed by atoms with Crippen LogP contribution in [0.4, 0.5) is 24.7 Å². The van der Waals surface area contributed by atoms with Gasteiger partial charge in [-0.15, -0.1) is 15.3 Å². The Labute approximate surface area is 174 Å². The Morgan fingerprint density at radius 1 is 0.833 bits per heavy atom. The Bertz CT molecular complexity index is 1230. The standard InChI is InChI=1S/C20H16ClF3N6/c21-13-4-3-5-14(12-13)28-8-10-29(11-9-28)18-16-7-2-1-6-15(16)17-25-26-19(20(22,23)24)30(17)27-18/h1-7,12H,8-11H2. The van der Waals surface area contributed by atoms with Crippen LogP contribution >= 0.6 is 11.6 Å². The van der Waals surface area contributed by atoms with E-state index in [1.54, 1.807) is 12.1 Å². The second-order valence-corrected chi connectivity index (χ2v) is 7.52. The number of halogens is 4. The molecule has 0 radical (unpaired) electrons. The van der Waals surface area contributed by atoms with E-state index in [4.69, 9.17) is 11.6 Å². The van der Waals surface area contributed by atoms with E-state index in [1.807, 2.05) is 41.3 Å². The molecule has 6 nitrogen and oxygen atoms in total. The van der Waals surface area contributed by atoms with Crippen molar-refractivity contribution in [2.45, 2.75) is 6.18 Å². The van der Waals surface area contributed by atoms with Gasteiger partial charge in [-0.2, -0.15) is 17.7 Å². The molecular formula is C20H16ClF3N6. The third-order valence-corrected chi connectivity index (χ3v) is 5.49. The average molecular weight is 433 g/mol. The van der Waals surface area contributed by atoms with Crippen molar-refractivity contribution >= 4 is 39.5 Å². The van der Waals surface area contributed by atoms with E-state index < -0.39 is 12.0 Å². The van der Waals surface area contributed by atoms with Crippen LogP contribution in [0.15, 0.2) is 48.5 Å². The smallest absolute Gasteiger partial charge is 0.368 e. The summed E-state index contributed by atoms with van der Waals surface area (Å²) in [4.78, 5) is 4.20. The van der Waals surface area contributed by atoms with Gasteiger partial charge in [0, 0.05) is 47.7 Å². The molecule has 1 fully saturated rings. The van der Waals surface area contributed by atoms with Crippen LogP contribution < -0.4 is 9.80 Å². The molecule has 0 saturated carbocycles. The van der Waals surface area contributed by atoms with Crippen LogP contribution in [0.1, 0.15) is 5.82 Å². The van der Waals surface area contributed by atoms with Gasteiger partial charge in [-0.3, -0.25) is 0 Å². The van der Waals surface area contributed by atoms with Crippen molar-refractivity contribution in [3.63, 3.8) is 0 Å². The highest BCUT2D eigenvalue weighted by Gasteiger charge is 2.38. The largest absolute Gasteiger partial charge is 0.453 e. The van der Waals surface area contributed by atoms with Crippen molar-refractivity contribution < 1.29 is 13.2 Å². The number of fused-ring (bicyclic) bond motifs is 3. The maximum absolute atomic E-state index is 13.4. The van der Waals surface area contributed by atoms with Gasteiger partial charge in [0.15, 0.2) is 11.5 Å². The molecule has 0 N–H and O–H groups in total. The fourth-order valence-corrected chi connectivity index (χ4v) is 4.01. The van der Waals surface area contributed by atoms with E-state index in [1.165, 1.54) is 0 Å².